The average molecular weight is 368 g/mol. The number of hydrogen-bond donors (Lipinski definition) is 2. The van der Waals surface area contributed by atoms with Gasteiger partial charge in [0.05, 0.1) is 0 Å². The van der Waals surface area contributed by atoms with Gasteiger partial charge >= 0.3 is 5.97 Å². The van der Waals surface area contributed by atoms with Crippen molar-refractivity contribution < 1.29 is 18.7 Å². The molecule has 0 aliphatic rings. The van der Waals surface area contributed by atoms with Gasteiger partial charge in [0.2, 0.25) is 0 Å². The Bertz CT molecular complexity index is 934. The lowest BCUT2D eigenvalue weighted by Crippen LogP contribution is -2.29. The topological polar surface area (TPSA) is 71.2 Å². The zero-order chi connectivity index (χ0) is 19.2. The van der Waals surface area contributed by atoms with E-state index in [2.05, 4.69) is 10.3 Å². The number of ether oxygens (including phenoxy) is 1. The number of esters is 1. The molecule has 0 bridgehead atoms. The third-order valence-electron chi connectivity index (χ3n) is 4.29. The lowest BCUT2D eigenvalue weighted by Gasteiger charge is -2.13. The second kappa shape index (κ2) is 8.49. The lowest BCUT2D eigenvalue weighted by atomic mass is 10.1. The van der Waals surface area contributed by atoms with Crippen LogP contribution >= 0.6 is 0 Å². The van der Waals surface area contributed by atoms with Crippen molar-refractivity contribution in [1.29, 1.82) is 0 Å². The Morgan fingerprint density at radius 1 is 1.15 bits per heavy atom. The highest BCUT2D eigenvalue weighted by Gasteiger charge is 2.18. The van der Waals surface area contributed by atoms with Crippen molar-refractivity contribution in [3.05, 3.63) is 66.1 Å². The lowest BCUT2D eigenvalue weighted by molar-refractivity contribution is -0.153. The third kappa shape index (κ3) is 4.94. The Kier molecular flexibility index (Phi) is 5.86. The minimum Gasteiger partial charge on any atom is -0.453 e. The van der Waals surface area contributed by atoms with Crippen molar-refractivity contribution in [2.45, 2.75) is 32.3 Å². The molecule has 2 N–H and O–H groups in total. The summed E-state index contributed by atoms with van der Waals surface area (Å²) in [6.45, 7) is 1.51. The van der Waals surface area contributed by atoms with Gasteiger partial charge < -0.3 is 15.0 Å². The zero-order valence-corrected chi connectivity index (χ0v) is 15.0. The van der Waals surface area contributed by atoms with E-state index >= 15 is 0 Å². The number of rotatable bonds is 7. The van der Waals surface area contributed by atoms with E-state index in [1.54, 1.807) is 0 Å². The Labute approximate surface area is 156 Å². The zero-order valence-electron chi connectivity index (χ0n) is 15.0. The fourth-order valence-electron chi connectivity index (χ4n) is 2.85. The highest BCUT2D eigenvalue weighted by molar-refractivity contribution is 5.95. The molecular weight excluding hydrogens is 347 g/mol. The van der Waals surface area contributed by atoms with Gasteiger partial charge in [0.25, 0.3) is 5.91 Å². The summed E-state index contributed by atoms with van der Waals surface area (Å²) in [6, 6.07) is 13.4. The highest BCUT2D eigenvalue weighted by Crippen LogP contribution is 2.19. The van der Waals surface area contributed by atoms with Crippen molar-refractivity contribution in [1.82, 2.24) is 4.98 Å². The van der Waals surface area contributed by atoms with Crippen LogP contribution in [0, 0.1) is 5.82 Å². The maximum atomic E-state index is 12.9. The molecular formula is C21H21FN2O3. The van der Waals surface area contributed by atoms with E-state index in [9.17, 15) is 14.0 Å². The molecule has 0 radical (unpaired) electrons. The van der Waals surface area contributed by atoms with Crippen LogP contribution in [-0.2, 0) is 20.7 Å². The van der Waals surface area contributed by atoms with Crippen molar-refractivity contribution in [3.8, 4) is 0 Å². The van der Waals surface area contributed by atoms with Crippen LogP contribution < -0.4 is 5.32 Å². The van der Waals surface area contributed by atoms with Crippen molar-refractivity contribution in [2.24, 2.45) is 0 Å². The number of benzene rings is 2. The van der Waals surface area contributed by atoms with Gasteiger partial charge in [-0.15, -0.1) is 0 Å². The van der Waals surface area contributed by atoms with Gasteiger partial charge in [-0.2, -0.15) is 0 Å². The molecule has 1 atom stereocenters. The van der Waals surface area contributed by atoms with Crippen molar-refractivity contribution in [3.63, 3.8) is 0 Å². The van der Waals surface area contributed by atoms with Gasteiger partial charge in [-0.05, 0) is 55.7 Å². The first-order chi connectivity index (χ1) is 13.0. The van der Waals surface area contributed by atoms with E-state index in [0.29, 0.717) is 12.1 Å². The summed E-state index contributed by atoms with van der Waals surface area (Å²) in [6.07, 6.45) is 2.64. The van der Waals surface area contributed by atoms with Crippen molar-refractivity contribution >= 4 is 28.5 Å². The first-order valence-corrected chi connectivity index (χ1v) is 8.84. The molecule has 0 fully saturated rings. The maximum absolute atomic E-state index is 12.9. The Morgan fingerprint density at radius 2 is 1.89 bits per heavy atom. The standard InChI is InChI=1S/C21H21FN2O3/c1-14(21(26)24-17-11-9-16(22)10-12-17)27-20(25)8-4-5-15-13-23-19-7-3-2-6-18(15)19/h2-3,6-7,9-14,23H,4-5,8H2,1H3,(H,24,26)/t14-/m1/s1. The summed E-state index contributed by atoms with van der Waals surface area (Å²) in [4.78, 5) is 27.2. The summed E-state index contributed by atoms with van der Waals surface area (Å²) in [5, 5.41) is 3.74. The fraction of sp³-hybridized carbons (Fsp3) is 0.238. The van der Waals surface area contributed by atoms with Gasteiger partial charge in [0.15, 0.2) is 6.10 Å². The number of hydrogen-bond acceptors (Lipinski definition) is 3. The number of aryl methyl sites for hydroxylation is 1. The van der Waals surface area contributed by atoms with E-state index in [0.717, 1.165) is 22.9 Å². The molecule has 1 aromatic heterocycles. The number of carbonyl (C=O) groups is 2. The SMILES string of the molecule is C[C@@H](OC(=O)CCCc1c[nH]c2ccccc12)C(=O)Nc1ccc(F)cc1. The molecule has 0 saturated heterocycles. The predicted molar refractivity (Wildman–Crippen MR) is 102 cm³/mol. The molecule has 0 spiro atoms. The second-order valence-corrected chi connectivity index (χ2v) is 6.34. The molecule has 0 aliphatic carbocycles. The number of nitrogens with one attached hydrogen (secondary N) is 2. The maximum Gasteiger partial charge on any atom is 0.306 e. The normalized spacial score (nSPS) is 11.9. The van der Waals surface area contributed by atoms with Gasteiger partial charge in [-0.25, -0.2) is 4.39 Å². The molecule has 3 aromatic rings. The van der Waals surface area contributed by atoms with E-state index < -0.39 is 18.0 Å². The number of aromatic nitrogens is 1. The molecule has 6 heteroatoms. The van der Waals surface area contributed by atoms with Crippen LogP contribution in [0.1, 0.15) is 25.3 Å². The summed E-state index contributed by atoms with van der Waals surface area (Å²) in [7, 11) is 0. The number of fused-ring (bicyclic) bond motifs is 1. The predicted octanol–water partition coefficient (Wildman–Crippen LogP) is 4.20. The van der Waals surface area contributed by atoms with Crippen LogP contribution in [0.15, 0.2) is 54.7 Å². The average Bonchev–Trinajstić information content (AvgIpc) is 3.07. The highest BCUT2D eigenvalue weighted by atomic mass is 19.1. The van der Waals surface area contributed by atoms with Crippen molar-refractivity contribution in [2.75, 3.05) is 5.32 Å². The second-order valence-electron chi connectivity index (χ2n) is 6.34. The minimum atomic E-state index is -0.921. The van der Waals surface area contributed by atoms with Gasteiger partial charge in [0.1, 0.15) is 5.82 Å². The van der Waals surface area contributed by atoms with Gasteiger partial charge in [-0.1, -0.05) is 18.2 Å². The Hall–Kier alpha value is -3.15. The minimum absolute atomic E-state index is 0.230. The van der Waals surface area contributed by atoms with Crippen LogP contribution in [0.2, 0.25) is 0 Å². The molecule has 0 unspecified atom stereocenters. The number of anilines is 1. The van der Waals surface area contributed by atoms with Crippen LogP contribution in [0.3, 0.4) is 0 Å². The van der Waals surface area contributed by atoms with Gasteiger partial charge in [0, 0.05) is 29.2 Å². The number of para-hydroxylation sites is 1. The van der Waals surface area contributed by atoms with E-state index in [4.69, 9.17) is 4.74 Å². The summed E-state index contributed by atoms with van der Waals surface area (Å²) >= 11 is 0. The monoisotopic (exact) mass is 368 g/mol. The number of halogens is 1. The Morgan fingerprint density at radius 3 is 2.67 bits per heavy atom. The number of carbonyl (C=O) groups excluding carboxylic acids is 2. The largest absolute Gasteiger partial charge is 0.453 e. The van der Waals surface area contributed by atoms with Gasteiger partial charge in [-0.3, -0.25) is 9.59 Å². The Balaban J connectivity index is 1.44. The smallest absolute Gasteiger partial charge is 0.306 e. The molecule has 2 aromatic carbocycles. The number of amides is 1. The number of H-pyrrole nitrogens is 1. The molecule has 140 valence electrons. The summed E-state index contributed by atoms with van der Waals surface area (Å²) in [5.74, 6) is -1.26. The molecule has 3 rings (SSSR count). The molecule has 0 saturated carbocycles. The first kappa shape index (κ1) is 18.6. The molecule has 5 nitrogen and oxygen atoms in total. The van der Waals surface area contributed by atoms with Crippen LogP contribution in [-0.4, -0.2) is 23.0 Å². The van der Waals surface area contributed by atoms with Crippen LogP contribution in [0.4, 0.5) is 10.1 Å². The van der Waals surface area contributed by atoms with E-state index in [-0.39, 0.29) is 12.2 Å². The van der Waals surface area contributed by atoms with E-state index in [1.807, 2.05) is 30.5 Å². The summed E-state index contributed by atoms with van der Waals surface area (Å²) in [5.41, 5.74) is 2.67. The molecule has 0 aliphatic heterocycles. The fourth-order valence-corrected chi connectivity index (χ4v) is 2.85. The molecule has 1 amide bonds. The van der Waals surface area contributed by atoms with E-state index in [1.165, 1.54) is 31.2 Å². The first-order valence-electron chi connectivity index (χ1n) is 8.84. The number of aromatic amines is 1. The van der Waals surface area contributed by atoms with Crippen LogP contribution in [0.25, 0.3) is 10.9 Å². The van der Waals surface area contributed by atoms with Crippen LogP contribution in [0.5, 0.6) is 0 Å². The third-order valence-corrected chi connectivity index (χ3v) is 4.29. The quantitative estimate of drug-likeness (QED) is 0.614. The molecule has 27 heavy (non-hydrogen) atoms. The molecule has 1 heterocycles. The summed E-state index contributed by atoms with van der Waals surface area (Å²) < 4.78 is 18.1.